The van der Waals surface area contributed by atoms with Crippen molar-refractivity contribution in [1.82, 2.24) is 4.57 Å². The number of anilines is 1. The number of esters is 1. The summed E-state index contributed by atoms with van der Waals surface area (Å²) in [6, 6.07) is 5.61. The van der Waals surface area contributed by atoms with Crippen molar-refractivity contribution in [2.75, 3.05) is 11.9 Å². The average molecular weight is 369 g/mol. The van der Waals surface area contributed by atoms with Crippen molar-refractivity contribution in [3.63, 3.8) is 0 Å². The molecule has 2 heterocycles. The normalized spacial score (nSPS) is 14.1. The minimum Gasteiger partial charge on any atom is -0.454 e. The van der Waals surface area contributed by atoms with E-state index in [2.05, 4.69) is 16.0 Å². The maximum absolute atomic E-state index is 12.4. The first-order valence-corrected chi connectivity index (χ1v) is 9.07. The van der Waals surface area contributed by atoms with Crippen LogP contribution < -0.4 is 5.32 Å². The molecule has 2 aromatic heterocycles. The average Bonchev–Trinajstić information content (AvgIpc) is 3.35. The highest BCUT2D eigenvalue weighted by molar-refractivity contribution is 5.95. The molecule has 1 fully saturated rings. The Bertz CT molecular complexity index is 911. The van der Waals surface area contributed by atoms with Gasteiger partial charge in [-0.25, -0.2) is 4.79 Å². The third kappa shape index (κ3) is 3.75. The van der Waals surface area contributed by atoms with Gasteiger partial charge in [0.15, 0.2) is 6.61 Å². The van der Waals surface area contributed by atoms with Crippen molar-refractivity contribution in [2.45, 2.75) is 52.5 Å². The van der Waals surface area contributed by atoms with E-state index >= 15 is 0 Å². The number of aryl methyl sites for hydroxylation is 1. The van der Waals surface area contributed by atoms with Crippen molar-refractivity contribution >= 4 is 17.7 Å². The van der Waals surface area contributed by atoms with Crippen LogP contribution in [0.25, 0.3) is 0 Å². The largest absolute Gasteiger partial charge is 0.454 e. The summed E-state index contributed by atoms with van der Waals surface area (Å²) in [5.41, 5.74) is 2.31. The fourth-order valence-corrected chi connectivity index (χ4v) is 3.62. The SMILES string of the molecule is Cc1ccc(C(=O)OCC(=O)Nc2c(C#N)c(C)c(C)n2C2CCCC2)o1. The summed E-state index contributed by atoms with van der Waals surface area (Å²) < 4.78 is 12.3. The second-order valence-corrected chi connectivity index (χ2v) is 6.89. The van der Waals surface area contributed by atoms with E-state index in [1.165, 1.54) is 6.07 Å². The fraction of sp³-hybridized carbons (Fsp3) is 0.450. The van der Waals surface area contributed by atoms with Crippen LogP contribution in [0.3, 0.4) is 0 Å². The zero-order chi connectivity index (χ0) is 19.6. The van der Waals surface area contributed by atoms with Crippen LogP contribution in [0.5, 0.6) is 0 Å². The Hall–Kier alpha value is -3.01. The van der Waals surface area contributed by atoms with Gasteiger partial charge in [-0.3, -0.25) is 4.79 Å². The molecule has 0 aliphatic heterocycles. The molecular formula is C20H23N3O4. The number of carbonyl (C=O) groups excluding carboxylic acids is 2. The topological polar surface area (TPSA) is 97.3 Å². The molecule has 0 radical (unpaired) electrons. The maximum Gasteiger partial charge on any atom is 0.374 e. The molecule has 1 aliphatic rings. The van der Waals surface area contributed by atoms with Gasteiger partial charge in [0.05, 0.1) is 5.56 Å². The van der Waals surface area contributed by atoms with Gasteiger partial charge in [0.2, 0.25) is 5.76 Å². The number of rotatable bonds is 5. The van der Waals surface area contributed by atoms with E-state index in [0.717, 1.165) is 36.9 Å². The summed E-state index contributed by atoms with van der Waals surface area (Å²) in [4.78, 5) is 24.3. The monoisotopic (exact) mass is 369 g/mol. The molecule has 142 valence electrons. The highest BCUT2D eigenvalue weighted by atomic mass is 16.5. The Kier molecular flexibility index (Phi) is 5.36. The zero-order valence-corrected chi connectivity index (χ0v) is 15.8. The van der Waals surface area contributed by atoms with Crippen molar-refractivity contribution in [2.24, 2.45) is 0 Å². The van der Waals surface area contributed by atoms with Crippen molar-refractivity contribution in [3.8, 4) is 6.07 Å². The molecule has 27 heavy (non-hydrogen) atoms. The number of nitrogens with one attached hydrogen (secondary N) is 1. The Morgan fingerprint density at radius 1 is 1.30 bits per heavy atom. The predicted octanol–water partition coefficient (Wildman–Crippen LogP) is 3.79. The van der Waals surface area contributed by atoms with Gasteiger partial charge < -0.3 is 19.0 Å². The first-order valence-electron chi connectivity index (χ1n) is 9.07. The van der Waals surface area contributed by atoms with Crippen LogP contribution in [-0.4, -0.2) is 23.1 Å². The summed E-state index contributed by atoms with van der Waals surface area (Å²) in [5, 5.41) is 12.3. The molecule has 1 N–H and O–H groups in total. The lowest BCUT2D eigenvalue weighted by molar-refractivity contribution is -0.119. The maximum atomic E-state index is 12.4. The van der Waals surface area contributed by atoms with Gasteiger partial charge in [-0.15, -0.1) is 0 Å². The van der Waals surface area contributed by atoms with Crippen LogP contribution in [-0.2, 0) is 9.53 Å². The third-order valence-corrected chi connectivity index (χ3v) is 5.09. The van der Waals surface area contributed by atoms with Crippen LogP contribution in [0.4, 0.5) is 5.82 Å². The Balaban J connectivity index is 1.74. The molecule has 0 unspecified atom stereocenters. The zero-order valence-electron chi connectivity index (χ0n) is 15.8. The van der Waals surface area contributed by atoms with Crippen LogP contribution in [0, 0.1) is 32.1 Å². The molecule has 3 rings (SSSR count). The van der Waals surface area contributed by atoms with Gasteiger partial charge in [0, 0.05) is 11.7 Å². The molecule has 0 spiro atoms. The van der Waals surface area contributed by atoms with E-state index in [9.17, 15) is 14.9 Å². The van der Waals surface area contributed by atoms with Crippen molar-refractivity contribution in [1.29, 1.82) is 5.26 Å². The molecule has 0 atom stereocenters. The van der Waals surface area contributed by atoms with E-state index in [4.69, 9.17) is 9.15 Å². The van der Waals surface area contributed by atoms with Crippen LogP contribution in [0.1, 0.15) is 64.9 Å². The Morgan fingerprint density at radius 3 is 2.59 bits per heavy atom. The number of hydrogen-bond donors (Lipinski definition) is 1. The van der Waals surface area contributed by atoms with Crippen molar-refractivity contribution < 1.29 is 18.7 Å². The number of ether oxygens (including phenoxy) is 1. The molecule has 0 aromatic carbocycles. The quantitative estimate of drug-likeness (QED) is 0.809. The lowest BCUT2D eigenvalue weighted by Crippen LogP contribution is -2.23. The van der Waals surface area contributed by atoms with Gasteiger partial charge in [0.25, 0.3) is 5.91 Å². The molecule has 0 bridgehead atoms. The highest BCUT2D eigenvalue weighted by Crippen LogP contribution is 2.37. The van der Waals surface area contributed by atoms with Gasteiger partial charge in [0.1, 0.15) is 17.6 Å². The summed E-state index contributed by atoms with van der Waals surface area (Å²) in [7, 11) is 0. The summed E-state index contributed by atoms with van der Waals surface area (Å²) in [5.74, 6) is -0.0455. The number of hydrogen-bond acceptors (Lipinski definition) is 5. The predicted molar refractivity (Wildman–Crippen MR) is 98.5 cm³/mol. The molecule has 1 amide bonds. The first-order chi connectivity index (χ1) is 12.9. The molecule has 1 aliphatic carbocycles. The molecule has 1 saturated carbocycles. The summed E-state index contributed by atoms with van der Waals surface area (Å²) in [6.07, 6.45) is 4.32. The molecular weight excluding hydrogens is 346 g/mol. The summed E-state index contributed by atoms with van der Waals surface area (Å²) >= 11 is 0. The molecule has 0 saturated heterocycles. The lowest BCUT2D eigenvalue weighted by atomic mass is 10.2. The molecule has 7 heteroatoms. The van der Waals surface area contributed by atoms with E-state index in [0.29, 0.717) is 17.1 Å². The van der Waals surface area contributed by atoms with E-state index in [-0.39, 0.29) is 11.8 Å². The number of furan rings is 1. The minimum absolute atomic E-state index is 0.0547. The number of nitrogens with zero attached hydrogens (tertiary/aromatic N) is 2. The molecule has 2 aromatic rings. The molecule has 7 nitrogen and oxygen atoms in total. The van der Waals surface area contributed by atoms with Gasteiger partial charge in [-0.05, 0) is 51.3 Å². The first kappa shape index (κ1) is 18.8. The minimum atomic E-state index is -0.697. The second-order valence-electron chi connectivity index (χ2n) is 6.89. The third-order valence-electron chi connectivity index (χ3n) is 5.09. The fourth-order valence-electron chi connectivity index (χ4n) is 3.62. The second kappa shape index (κ2) is 7.70. The van der Waals surface area contributed by atoms with Gasteiger partial charge in [-0.2, -0.15) is 5.26 Å². The number of amides is 1. The van der Waals surface area contributed by atoms with Crippen LogP contribution in [0.15, 0.2) is 16.5 Å². The Labute approximate surface area is 157 Å². The number of carbonyl (C=O) groups is 2. The standard InChI is InChI=1S/C20H23N3O4/c1-12-8-9-17(27-12)20(25)26-11-18(24)22-19-16(10-21)13(2)14(3)23(19)15-6-4-5-7-15/h8-9,15H,4-7,11H2,1-3H3,(H,22,24). The van der Waals surface area contributed by atoms with Crippen LogP contribution >= 0.6 is 0 Å². The summed E-state index contributed by atoms with van der Waals surface area (Å²) in [6.45, 7) is 5.11. The van der Waals surface area contributed by atoms with Gasteiger partial charge in [-0.1, -0.05) is 12.8 Å². The van der Waals surface area contributed by atoms with Crippen molar-refractivity contribution in [3.05, 3.63) is 40.5 Å². The Morgan fingerprint density at radius 2 is 2.00 bits per heavy atom. The van der Waals surface area contributed by atoms with E-state index < -0.39 is 18.5 Å². The van der Waals surface area contributed by atoms with Gasteiger partial charge >= 0.3 is 5.97 Å². The number of nitriles is 1. The smallest absolute Gasteiger partial charge is 0.374 e. The highest BCUT2D eigenvalue weighted by Gasteiger charge is 2.27. The lowest BCUT2D eigenvalue weighted by Gasteiger charge is -2.19. The van der Waals surface area contributed by atoms with E-state index in [1.54, 1.807) is 13.0 Å². The van der Waals surface area contributed by atoms with Crippen LogP contribution in [0.2, 0.25) is 0 Å². The van der Waals surface area contributed by atoms with E-state index in [1.807, 2.05) is 13.8 Å². The number of aromatic nitrogens is 1.